The van der Waals surface area contributed by atoms with E-state index in [0.717, 1.165) is 25.7 Å². The fourth-order valence-corrected chi connectivity index (χ4v) is 1.20. The molecule has 3 nitrogen and oxygen atoms in total. The molecule has 0 heterocycles. The van der Waals surface area contributed by atoms with Crippen molar-refractivity contribution in [2.75, 3.05) is 13.6 Å². The van der Waals surface area contributed by atoms with Gasteiger partial charge in [-0.15, -0.1) is 0 Å². The van der Waals surface area contributed by atoms with Crippen molar-refractivity contribution >= 4 is 5.97 Å². The highest BCUT2D eigenvalue weighted by Gasteiger charge is 2.14. The third-order valence-corrected chi connectivity index (χ3v) is 1.96. The first-order valence-electron chi connectivity index (χ1n) is 4.59. The van der Waals surface area contributed by atoms with Crippen molar-refractivity contribution in [2.24, 2.45) is 5.92 Å². The molecule has 0 rings (SSSR count). The molecular weight excluding hydrogens is 154 g/mol. The van der Waals surface area contributed by atoms with E-state index in [9.17, 15) is 4.79 Å². The molecule has 0 amide bonds. The van der Waals surface area contributed by atoms with E-state index in [1.807, 2.05) is 0 Å². The second-order valence-electron chi connectivity index (χ2n) is 3.09. The SMILES string of the molecule is CCCCCC(CNC)C(=O)O. The molecule has 0 aromatic heterocycles. The number of rotatable bonds is 7. The van der Waals surface area contributed by atoms with Crippen LogP contribution in [0.15, 0.2) is 0 Å². The molecule has 12 heavy (non-hydrogen) atoms. The lowest BCUT2D eigenvalue weighted by molar-refractivity contribution is -0.141. The molecule has 1 unspecified atom stereocenters. The van der Waals surface area contributed by atoms with Crippen LogP contribution in [-0.4, -0.2) is 24.7 Å². The number of carboxylic acid groups (broad SMARTS) is 1. The second-order valence-corrected chi connectivity index (χ2v) is 3.09. The number of nitrogens with one attached hydrogen (secondary N) is 1. The maximum absolute atomic E-state index is 10.6. The summed E-state index contributed by atoms with van der Waals surface area (Å²) >= 11 is 0. The Kier molecular flexibility index (Phi) is 6.76. The van der Waals surface area contributed by atoms with Gasteiger partial charge < -0.3 is 10.4 Å². The predicted octanol–water partition coefficient (Wildman–Crippen LogP) is 1.49. The van der Waals surface area contributed by atoms with Gasteiger partial charge in [0.25, 0.3) is 0 Å². The van der Waals surface area contributed by atoms with Crippen molar-refractivity contribution in [3.05, 3.63) is 0 Å². The van der Waals surface area contributed by atoms with Gasteiger partial charge in [0.2, 0.25) is 0 Å². The summed E-state index contributed by atoms with van der Waals surface area (Å²) in [6, 6.07) is 0. The van der Waals surface area contributed by atoms with Crippen LogP contribution in [0.25, 0.3) is 0 Å². The van der Waals surface area contributed by atoms with Gasteiger partial charge in [-0.25, -0.2) is 0 Å². The fraction of sp³-hybridized carbons (Fsp3) is 0.889. The summed E-state index contributed by atoms with van der Waals surface area (Å²) in [7, 11) is 1.79. The van der Waals surface area contributed by atoms with Gasteiger partial charge >= 0.3 is 5.97 Å². The zero-order valence-corrected chi connectivity index (χ0v) is 7.97. The lowest BCUT2D eigenvalue weighted by Gasteiger charge is -2.10. The maximum atomic E-state index is 10.6. The third kappa shape index (κ3) is 5.13. The van der Waals surface area contributed by atoms with Crippen LogP contribution in [0.2, 0.25) is 0 Å². The number of carbonyl (C=O) groups is 1. The summed E-state index contributed by atoms with van der Waals surface area (Å²) in [5.74, 6) is -0.887. The molecule has 0 fully saturated rings. The standard InChI is InChI=1S/C9H19NO2/c1-3-4-5-6-8(7-10-2)9(11)12/h8,10H,3-7H2,1-2H3,(H,11,12). The Morgan fingerprint density at radius 3 is 2.58 bits per heavy atom. The van der Waals surface area contributed by atoms with Gasteiger partial charge in [-0.2, -0.15) is 0 Å². The summed E-state index contributed by atoms with van der Waals surface area (Å²) in [5.41, 5.74) is 0. The molecule has 0 aromatic rings. The van der Waals surface area contributed by atoms with Crippen LogP contribution >= 0.6 is 0 Å². The molecule has 3 heteroatoms. The van der Waals surface area contributed by atoms with Crippen LogP contribution in [0.4, 0.5) is 0 Å². The van der Waals surface area contributed by atoms with Crippen molar-refractivity contribution in [1.82, 2.24) is 5.32 Å². The topological polar surface area (TPSA) is 49.3 Å². The van der Waals surface area contributed by atoms with Crippen molar-refractivity contribution in [1.29, 1.82) is 0 Å². The first kappa shape index (κ1) is 11.4. The Balaban J connectivity index is 3.56. The molecule has 0 spiro atoms. The van der Waals surface area contributed by atoms with E-state index in [1.165, 1.54) is 0 Å². The molecule has 2 N–H and O–H groups in total. The highest BCUT2D eigenvalue weighted by molar-refractivity contribution is 5.70. The van der Waals surface area contributed by atoms with Crippen molar-refractivity contribution in [3.63, 3.8) is 0 Å². The first-order valence-corrected chi connectivity index (χ1v) is 4.59. The van der Waals surface area contributed by atoms with Crippen LogP contribution in [-0.2, 0) is 4.79 Å². The van der Waals surface area contributed by atoms with Crippen molar-refractivity contribution in [3.8, 4) is 0 Å². The smallest absolute Gasteiger partial charge is 0.307 e. The maximum Gasteiger partial charge on any atom is 0.307 e. The van der Waals surface area contributed by atoms with E-state index in [2.05, 4.69) is 12.2 Å². The molecule has 0 aliphatic rings. The summed E-state index contributed by atoms with van der Waals surface area (Å²) < 4.78 is 0. The van der Waals surface area contributed by atoms with E-state index in [4.69, 9.17) is 5.11 Å². The van der Waals surface area contributed by atoms with Gasteiger partial charge in [-0.3, -0.25) is 4.79 Å². The number of unbranched alkanes of at least 4 members (excludes halogenated alkanes) is 2. The van der Waals surface area contributed by atoms with Crippen LogP contribution in [0.5, 0.6) is 0 Å². The van der Waals surface area contributed by atoms with Crippen molar-refractivity contribution < 1.29 is 9.90 Å². The summed E-state index contributed by atoms with van der Waals surface area (Å²) in [6.45, 7) is 2.70. The lowest BCUT2D eigenvalue weighted by atomic mass is 10.0. The Morgan fingerprint density at radius 1 is 1.50 bits per heavy atom. The molecule has 0 aliphatic carbocycles. The molecule has 0 bridgehead atoms. The Labute approximate surface area is 74.2 Å². The van der Waals surface area contributed by atoms with Gasteiger partial charge in [-0.05, 0) is 13.5 Å². The third-order valence-electron chi connectivity index (χ3n) is 1.96. The molecule has 1 atom stereocenters. The zero-order chi connectivity index (χ0) is 9.40. The zero-order valence-electron chi connectivity index (χ0n) is 7.97. The minimum absolute atomic E-state index is 0.207. The summed E-state index contributed by atoms with van der Waals surface area (Å²) in [5, 5.41) is 11.7. The van der Waals surface area contributed by atoms with E-state index in [1.54, 1.807) is 7.05 Å². The number of hydrogen-bond donors (Lipinski definition) is 2. The van der Waals surface area contributed by atoms with Gasteiger partial charge in [-0.1, -0.05) is 26.2 Å². The highest BCUT2D eigenvalue weighted by atomic mass is 16.4. The summed E-state index contributed by atoms with van der Waals surface area (Å²) in [6.07, 6.45) is 4.10. The van der Waals surface area contributed by atoms with Gasteiger partial charge in [0.05, 0.1) is 5.92 Å². The molecule has 0 radical (unpaired) electrons. The minimum atomic E-state index is -0.680. The normalized spacial score (nSPS) is 12.8. The monoisotopic (exact) mass is 173 g/mol. The number of aliphatic carboxylic acids is 1. The molecule has 0 aliphatic heterocycles. The molecule has 0 saturated heterocycles. The largest absolute Gasteiger partial charge is 0.481 e. The predicted molar refractivity (Wildman–Crippen MR) is 49.2 cm³/mol. The molecular formula is C9H19NO2. The van der Waals surface area contributed by atoms with E-state index in [0.29, 0.717) is 6.54 Å². The molecule has 72 valence electrons. The quantitative estimate of drug-likeness (QED) is 0.573. The van der Waals surface area contributed by atoms with Crippen LogP contribution in [0, 0.1) is 5.92 Å². The first-order chi connectivity index (χ1) is 5.72. The van der Waals surface area contributed by atoms with Gasteiger partial charge in [0, 0.05) is 6.54 Å². The van der Waals surface area contributed by atoms with E-state index >= 15 is 0 Å². The Hall–Kier alpha value is -0.570. The van der Waals surface area contributed by atoms with Gasteiger partial charge in [0.1, 0.15) is 0 Å². The van der Waals surface area contributed by atoms with E-state index in [-0.39, 0.29) is 5.92 Å². The van der Waals surface area contributed by atoms with Crippen molar-refractivity contribution in [2.45, 2.75) is 32.6 Å². The van der Waals surface area contributed by atoms with E-state index < -0.39 is 5.97 Å². The fourth-order valence-electron chi connectivity index (χ4n) is 1.20. The molecule has 0 aromatic carbocycles. The van der Waals surface area contributed by atoms with Crippen LogP contribution < -0.4 is 5.32 Å². The van der Waals surface area contributed by atoms with Crippen LogP contribution in [0.1, 0.15) is 32.6 Å². The number of carboxylic acids is 1. The highest BCUT2D eigenvalue weighted by Crippen LogP contribution is 2.09. The molecule has 0 saturated carbocycles. The number of hydrogen-bond acceptors (Lipinski definition) is 2. The van der Waals surface area contributed by atoms with Gasteiger partial charge in [0.15, 0.2) is 0 Å². The summed E-state index contributed by atoms with van der Waals surface area (Å²) in [4.78, 5) is 10.6. The Bertz CT molecular complexity index is 126. The van der Waals surface area contributed by atoms with Crippen LogP contribution in [0.3, 0.4) is 0 Å². The Morgan fingerprint density at radius 2 is 2.17 bits per heavy atom. The minimum Gasteiger partial charge on any atom is -0.481 e. The average molecular weight is 173 g/mol. The lowest BCUT2D eigenvalue weighted by Crippen LogP contribution is -2.25. The second kappa shape index (κ2) is 7.10. The average Bonchev–Trinajstić information content (AvgIpc) is 2.03.